The Balaban J connectivity index is 1.79. The molecular formula is C16H18FNO3. The highest BCUT2D eigenvalue weighted by molar-refractivity contribution is 5.90. The molecule has 2 N–H and O–H groups in total. The number of halogens is 1. The van der Waals surface area contributed by atoms with Crippen LogP contribution in [-0.4, -0.2) is 17.0 Å². The first-order chi connectivity index (χ1) is 9.93. The van der Waals surface area contributed by atoms with Crippen LogP contribution in [0.4, 0.5) is 4.39 Å². The van der Waals surface area contributed by atoms with E-state index in [4.69, 9.17) is 0 Å². The van der Waals surface area contributed by atoms with E-state index in [0.717, 1.165) is 19.3 Å². The number of carboxylic acid groups (broad SMARTS) is 1. The summed E-state index contributed by atoms with van der Waals surface area (Å²) >= 11 is 0. The zero-order chi connectivity index (χ0) is 15.2. The van der Waals surface area contributed by atoms with E-state index in [2.05, 4.69) is 5.32 Å². The number of aliphatic carboxylic acids is 1. The standard InChI is InChI=1S/C16H18FNO3/c1-16(15(20)21,9-5-7-10(17)8-6-9)18-14(19)13-11-3-2-4-12(11)13/h5-8,11-13H,2-4H2,1H3,(H,18,19)(H,20,21). The topological polar surface area (TPSA) is 66.4 Å². The van der Waals surface area contributed by atoms with Crippen molar-refractivity contribution in [3.8, 4) is 0 Å². The van der Waals surface area contributed by atoms with Crippen LogP contribution in [0.5, 0.6) is 0 Å². The molecule has 21 heavy (non-hydrogen) atoms. The zero-order valence-electron chi connectivity index (χ0n) is 11.8. The largest absolute Gasteiger partial charge is 0.479 e. The van der Waals surface area contributed by atoms with Gasteiger partial charge in [0.15, 0.2) is 5.54 Å². The first-order valence-corrected chi connectivity index (χ1v) is 7.25. The summed E-state index contributed by atoms with van der Waals surface area (Å²) in [5.74, 6) is -0.966. The van der Waals surface area contributed by atoms with Gasteiger partial charge < -0.3 is 10.4 Å². The molecule has 1 aromatic rings. The van der Waals surface area contributed by atoms with Gasteiger partial charge in [0, 0.05) is 5.92 Å². The Morgan fingerprint density at radius 1 is 1.24 bits per heavy atom. The van der Waals surface area contributed by atoms with Crippen LogP contribution < -0.4 is 5.32 Å². The van der Waals surface area contributed by atoms with Crippen molar-refractivity contribution in [3.05, 3.63) is 35.6 Å². The van der Waals surface area contributed by atoms with Gasteiger partial charge in [-0.1, -0.05) is 18.6 Å². The molecule has 0 aromatic heterocycles. The summed E-state index contributed by atoms with van der Waals surface area (Å²) in [7, 11) is 0. The van der Waals surface area contributed by atoms with Crippen molar-refractivity contribution in [2.75, 3.05) is 0 Å². The second-order valence-electron chi connectivity index (χ2n) is 6.21. The number of hydrogen-bond donors (Lipinski definition) is 2. The number of nitrogens with one attached hydrogen (secondary N) is 1. The molecule has 2 saturated carbocycles. The lowest BCUT2D eigenvalue weighted by atomic mass is 9.91. The summed E-state index contributed by atoms with van der Waals surface area (Å²) in [6.45, 7) is 1.44. The summed E-state index contributed by atoms with van der Waals surface area (Å²) in [4.78, 5) is 24.0. The third-order valence-electron chi connectivity index (χ3n) is 4.93. The molecule has 0 bridgehead atoms. The molecule has 5 heteroatoms. The molecule has 3 rings (SSSR count). The molecule has 0 aliphatic heterocycles. The number of amides is 1. The van der Waals surface area contributed by atoms with Gasteiger partial charge in [0.1, 0.15) is 5.82 Å². The van der Waals surface area contributed by atoms with Crippen LogP contribution in [0.15, 0.2) is 24.3 Å². The molecule has 0 heterocycles. The summed E-state index contributed by atoms with van der Waals surface area (Å²) in [6, 6.07) is 5.21. The minimum absolute atomic E-state index is 0.0436. The Kier molecular flexibility index (Phi) is 3.23. The molecule has 1 aromatic carbocycles. The number of carbonyl (C=O) groups is 2. The Hall–Kier alpha value is -1.91. The minimum atomic E-state index is -1.53. The lowest BCUT2D eigenvalue weighted by Gasteiger charge is -2.27. The van der Waals surface area contributed by atoms with Crippen LogP contribution in [0, 0.1) is 23.6 Å². The second kappa shape index (κ2) is 4.83. The highest BCUT2D eigenvalue weighted by Gasteiger charge is 2.57. The maximum absolute atomic E-state index is 13.0. The summed E-state index contributed by atoms with van der Waals surface area (Å²) in [5, 5.41) is 12.2. The quantitative estimate of drug-likeness (QED) is 0.894. The maximum atomic E-state index is 13.0. The molecule has 0 saturated heterocycles. The lowest BCUT2D eigenvalue weighted by Crippen LogP contribution is -2.50. The third kappa shape index (κ3) is 2.30. The molecule has 2 aliphatic carbocycles. The van der Waals surface area contributed by atoms with Crippen molar-refractivity contribution in [2.24, 2.45) is 17.8 Å². The number of fused-ring (bicyclic) bond motifs is 1. The number of carboxylic acids is 1. The molecule has 3 atom stereocenters. The summed E-state index contributed by atoms with van der Waals surface area (Å²) in [6.07, 6.45) is 3.28. The highest BCUT2D eigenvalue weighted by Crippen LogP contribution is 2.57. The van der Waals surface area contributed by atoms with E-state index in [1.54, 1.807) is 0 Å². The van der Waals surface area contributed by atoms with Gasteiger partial charge in [0.25, 0.3) is 0 Å². The Morgan fingerprint density at radius 3 is 2.33 bits per heavy atom. The second-order valence-corrected chi connectivity index (χ2v) is 6.21. The normalized spacial score (nSPS) is 29.3. The average molecular weight is 291 g/mol. The minimum Gasteiger partial charge on any atom is -0.479 e. The molecule has 0 radical (unpaired) electrons. The van der Waals surface area contributed by atoms with E-state index < -0.39 is 17.3 Å². The van der Waals surface area contributed by atoms with Gasteiger partial charge in [-0.2, -0.15) is 0 Å². The van der Waals surface area contributed by atoms with Gasteiger partial charge in [-0.25, -0.2) is 9.18 Å². The molecule has 4 nitrogen and oxygen atoms in total. The van der Waals surface area contributed by atoms with Crippen LogP contribution in [0.2, 0.25) is 0 Å². The van der Waals surface area contributed by atoms with Crippen molar-refractivity contribution in [3.63, 3.8) is 0 Å². The van der Waals surface area contributed by atoms with E-state index in [1.165, 1.54) is 31.2 Å². The molecule has 3 unspecified atom stereocenters. The van der Waals surface area contributed by atoms with Crippen molar-refractivity contribution < 1.29 is 19.1 Å². The van der Waals surface area contributed by atoms with E-state index in [0.29, 0.717) is 17.4 Å². The fraction of sp³-hybridized carbons (Fsp3) is 0.500. The van der Waals surface area contributed by atoms with Crippen molar-refractivity contribution in [1.29, 1.82) is 0 Å². The molecular weight excluding hydrogens is 273 g/mol. The number of hydrogen-bond acceptors (Lipinski definition) is 2. The first kappa shape index (κ1) is 14.0. The predicted molar refractivity (Wildman–Crippen MR) is 73.9 cm³/mol. The van der Waals surface area contributed by atoms with E-state index >= 15 is 0 Å². The van der Waals surface area contributed by atoms with Crippen LogP contribution in [-0.2, 0) is 15.1 Å². The maximum Gasteiger partial charge on any atom is 0.333 e. The highest BCUT2D eigenvalue weighted by atomic mass is 19.1. The van der Waals surface area contributed by atoms with Gasteiger partial charge in [0.05, 0.1) is 0 Å². The molecule has 2 fully saturated rings. The molecule has 0 spiro atoms. The predicted octanol–water partition coefficient (Wildman–Crippen LogP) is 2.29. The number of benzene rings is 1. The monoisotopic (exact) mass is 291 g/mol. The van der Waals surface area contributed by atoms with Crippen molar-refractivity contribution in [1.82, 2.24) is 5.32 Å². The fourth-order valence-corrected chi connectivity index (χ4v) is 3.57. The summed E-state index contributed by atoms with van der Waals surface area (Å²) in [5.41, 5.74) is -1.16. The first-order valence-electron chi connectivity index (χ1n) is 7.25. The fourth-order valence-electron chi connectivity index (χ4n) is 3.57. The zero-order valence-corrected chi connectivity index (χ0v) is 11.8. The van der Waals surface area contributed by atoms with Crippen LogP contribution in [0.25, 0.3) is 0 Å². The van der Waals surface area contributed by atoms with Gasteiger partial charge in [-0.3, -0.25) is 4.79 Å². The molecule has 112 valence electrons. The molecule has 2 aliphatic rings. The van der Waals surface area contributed by atoms with E-state index in [-0.39, 0.29) is 11.8 Å². The van der Waals surface area contributed by atoms with Gasteiger partial charge in [0.2, 0.25) is 5.91 Å². The van der Waals surface area contributed by atoms with E-state index in [1.807, 2.05) is 0 Å². The Morgan fingerprint density at radius 2 is 1.81 bits per heavy atom. The van der Waals surface area contributed by atoms with Gasteiger partial charge in [-0.05, 0) is 49.3 Å². The molecule has 1 amide bonds. The van der Waals surface area contributed by atoms with Gasteiger partial charge in [-0.15, -0.1) is 0 Å². The van der Waals surface area contributed by atoms with Crippen molar-refractivity contribution >= 4 is 11.9 Å². The Labute approximate surface area is 122 Å². The average Bonchev–Trinajstić information content (AvgIpc) is 2.93. The lowest BCUT2D eigenvalue weighted by molar-refractivity contribution is -0.147. The summed E-state index contributed by atoms with van der Waals surface area (Å²) < 4.78 is 13.0. The van der Waals surface area contributed by atoms with Crippen LogP contribution in [0.3, 0.4) is 0 Å². The SMILES string of the molecule is CC(NC(=O)C1C2CCCC21)(C(=O)O)c1ccc(F)cc1. The third-order valence-corrected chi connectivity index (χ3v) is 4.93. The van der Waals surface area contributed by atoms with E-state index in [9.17, 15) is 19.1 Å². The smallest absolute Gasteiger partial charge is 0.333 e. The van der Waals surface area contributed by atoms with Crippen LogP contribution in [0.1, 0.15) is 31.7 Å². The number of carbonyl (C=O) groups excluding carboxylic acids is 1. The number of rotatable bonds is 4. The van der Waals surface area contributed by atoms with Crippen molar-refractivity contribution in [2.45, 2.75) is 31.7 Å². The Bertz CT molecular complexity index is 576. The van der Waals surface area contributed by atoms with Gasteiger partial charge >= 0.3 is 5.97 Å². The van der Waals surface area contributed by atoms with Crippen LogP contribution >= 0.6 is 0 Å².